The largest absolute Gasteiger partial charge is 0.416 e. The molecule has 0 fully saturated rings. The first-order valence-corrected chi connectivity index (χ1v) is 4.49. The van der Waals surface area contributed by atoms with Crippen LogP contribution in [0.2, 0.25) is 0 Å². The van der Waals surface area contributed by atoms with Crippen LogP contribution in [0, 0.1) is 0 Å². The number of alkyl halides is 3. The van der Waals surface area contributed by atoms with Gasteiger partial charge >= 0.3 is 6.18 Å². The van der Waals surface area contributed by atoms with E-state index in [0.717, 1.165) is 12.1 Å². The smallest absolute Gasteiger partial charge is 0.369 e. The summed E-state index contributed by atoms with van der Waals surface area (Å²) in [5.74, 6) is -3.73. The highest BCUT2D eigenvalue weighted by Crippen LogP contribution is 2.31. The van der Waals surface area contributed by atoms with Gasteiger partial charge in [-0.2, -0.15) is 13.2 Å². The van der Waals surface area contributed by atoms with Crippen molar-refractivity contribution in [1.82, 2.24) is 0 Å². The molecule has 0 radical (unpaired) electrons. The molecule has 17 heavy (non-hydrogen) atoms. The lowest BCUT2D eigenvalue weighted by Crippen LogP contribution is -2.33. The minimum Gasteiger partial charge on any atom is -0.369 e. The van der Waals surface area contributed by atoms with Crippen molar-refractivity contribution in [1.29, 1.82) is 0 Å². The number of carbonyl (C=O) groups excluding carboxylic acids is 2. The predicted octanol–water partition coefficient (Wildman–Crippen LogP) is 0.760. The van der Waals surface area contributed by atoms with E-state index in [1.54, 1.807) is 0 Å². The van der Waals surface area contributed by atoms with Gasteiger partial charge in [0.05, 0.1) is 5.56 Å². The van der Waals surface area contributed by atoms with Crippen molar-refractivity contribution in [2.45, 2.75) is 12.1 Å². The van der Waals surface area contributed by atoms with Crippen molar-refractivity contribution in [3.8, 4) is 0 Å². The van der Waals surface area contributed by atoms with E-state index < -0.39 is 29.5 Å². The van der Waals surface area contributed by atoms with Gasteiger partial charge in [0.1, 0.15) is 5.92 Å². The lowest BCUT2D eigenvalue weighted by atomic mass is 9.96. The maximum atomic E-state index is 12.4. The number of primary amides is 2. The van der Waals surface area contributed by atoms with Crippen molar-refractivity contribution in [2.24, 2.45) is 11.5 Å². The van der Waals surface area contributed by atoms with Crippen molar-refractivity contribution in [3.05, 3.63) is 35.4 Å². The van der Waals surface area contributed by atoms with Crippen molar-refractivity contribution < 1.29 is 22.8 Å². The summed E-state index contributed by atoms with van der Waals surface area (Å²) in [5, 5.41) is 0. The van der Waals surface area contributed by atoms with Crippen molar-refractivity contribution in [3.63, 3.8) is 0 Å². The SMILES string of the molecule is NC(=O)C(C(N)=O)c1cccc(C(F)(F)F)c1. The molecule has 0 aliphatic carbocycles. The van der Waals surface area contributed by atoms with Crippen LogP contribution in [0.1, 0.15) is 17.0 Å². The van der Waals surface area contributed by atoms with Crippen LogP contribution in [0.4, 0.5) is 13.2 Å². The molecule has 0 saturated heterocycles. The zero-order valence-corrected chi connectivity index (χ0v) is 8.49. The first-order chi connectivity index (χ1) is 7.73. The van der Waals surface area contributed by atoms with Crippen LogP contribution in [-0.4, -0.2) is 11.8 Å². The first kappa shape index (κ1) is 13.0. The summed E-state index contributed by atoms with van der Waals surface area (Å²) < 4.78 is 37.2. The highest BCUT2D eigenvalue weighted by atomic mass is 19.4. The van der Waals surface area contributed by atoms with Crippen LogP contribution in [0.5, 0.6) is 0 Å². The maximum Gasteiger partial charge on any atom is 0.416 e. The lowest BCUT2D eigenvalue weighted by Gasteiger charge is -2.12. The summed E-state index contributed by atoms with van der Waals surface area (Å²) in [5.41, 5.74) is 8.68. The van der Waals surface area contributed by atoms with E-state index in [1.165, 1.54) is 6.07 Å². The van der Waals surface area contributed by atoms with E-state index in [-0.39, 0.29) is 5.56 Å². The van der Waals surface area contributed by atoms with Crippen LogP contribution >= 0.6 is 0 Å². The highest BCUT2D eigenvalue weighted by molar-refractivity contribution is 6.04. The quantitative estimate of drug-likeness (QED) is 0.771. The van der Waals surface area contributed by atoms with Gasteiger partial charge in [-0.1, -0.05) is 18.2 Å². The molecular weight excluding hydrogens is 237 g/mol. The zero-order chi connectivity index (χ0) is 13.2. The fourth-order valence-electron chi connectivity index (χ4n) is 1.36. The Morgan fingerprint density at radius 1 is 1.12 bits per heavy atom. The first-order valence-electron chi connectivity index (χ1n) is 4.49. The number of hydrogen-bond acceptors (Lipinski definition) is 2. The summed E-state index contributed by atoms with van der Waals surface area (Å²) in [6.45, 7) is 0. The Kier molecular flexibility index (Phi) is 3.40. The minimum absolute atomic E-state index is 0.167. The normalized spacial score (nSPS) is 11.5. The van der Waals surface area contributed by atoms with Crippen LogP contribution in [0.15, 0.2) is 24.3 Å². The molecule has 92 valence electrons. The van der Waals surface area contributed by atoms with Gasteiger partial charge in [-0.15, -0.1) is 0 Å². The van der Waals surface area contributed by atoms with E-state index in [4.69, 9.17) is 11.5 Å². The molecular formula is C10H9F3N2O2. The monoisotopic (exact) mass is 246 g/mol. The van der Waals surface area contributed by atoms with E-state index >= 15 is 0 Å². The molecule has 0 atom stereocenters. The zero-order valence-electron chi connectivity index (χ0n) is 8.49. The molecule has 0 aliphatic heterocycles. The van der Waals surface area contributed by atoms with Crippen molar-refractivity contribution >= 4 is 11.8 Å². The molecule has 0 unspecified atom stereocenters. The average molecular weight is 246 g/mol. The van der Waals surface area contributed by atoms with Crippen LogP contribution < -0.4 is 11.5 Å². The van der Waals surface area contributed by atoms with Gasteiger partial charge in [0.25, 0.3) is 0 Å². The highest BCUT2D eigenvalue weighted by Gasteiger charge is 2.32. The number of hydrogen-bond donors (Lipinski definition) is 2. The predicted molar refractivity (Wildman–Crippen MR) is 52.6 cm³/mol. The van der Waals surface area contributed by atoms with Crippen LogP contribution in [0.3, 0.4) is 0 Å². The number of nitrogens with two attached hydrogens (primary N) is 2. The Hall–Kier alpha value is -2.05. The van der Waals surface area contributed by atoms with Crippen LogP contribution in [-0.2, 0) is 15.8 Å². The standard InChI is InChI=1S/C10H9F3N2O2/c11-10(12,13)6-3-1-2-5(4-6)7(8(14)16)9(15)17/h1-4,7H,(H2,14,16)(H2,15,17). The molecule has 2 amide bonds. The second-order valence-corrected chi connectivity index (χ2v) is 3.36. The Labute approximate surface area is 94.4 Å². The van der Waals surface area contributed by atoms with Crippen LogP contribution in [0.25, 0.3) is 0 Å². The number of halogens is 3. The van der Waals surface area contributed by atoms with E-state index in [2.05, 4.69) is 0 Å². The molecule has 0 aromatic heterocycles. The summed E-state index contributed by atoms with van der Waals surface area (Å²) in [7, 11) is 0. The Balaban J connectivity index is 3.23. The van der Waals surface area contributed by atoms with Gasteiger partial charge in [-0.25, -0.2) is 0 Å². The molecule has 1 aromatic rings. The summed E-state index contributed by atoms with van der Waals surface area (Å²) >= 11 is 0. The van der Waals surface area contributed by atoms with E-state index in [0.29, 0.717) is 6.07 Å². The molecule has 0 spiro atoms. The molecule has 1 rings (SSSR count). The second-order valence-electron chi connectivity index (χ2n) is 3.36. The Morgan fingerprint density at radius 3 is 2.06 bits per heavy atom. The maximum absolute atomic E-state index is 12.4. The summed E-state index contributed by atoms with van der Waals surface area (Å²) in [6, 6.07) is 3.77. The molecule has 0 saturated carbocycles. The minimum atomic E-state index is -4.56. The molecule has 0 aliphatic rings. The number of rotatable bonds is 3. The summed E-state index contributed by atoms with van der Waals surface area (Å²) in [4.78, 5) is 21.9. The topological polar surface area (TPSA) is 86.2 Å². The number of benzene rings is 1. The molecule has 0 heterocycles. The summed E-state index contributed by atoms with van der Waals surface area (Å²) in [6.07, 6.45) is -4.56. The fourth-order valence-corrected chi connectivity index (χ4v) is 1.36. The third kappa shape index (κ3) is 2.96. The van der Waals surface area contributed by atoms with E-state index in [9.17, 15) is 22.8 Å². The van der Waals surface area contributed by atoms with Crippen molar-refractivity contribution in [2.75, 3.05) is 0 Å². The van der Waals surface area contributed by atoms with Gasteiger partial charge in [-0.3, -0.25) is 9.59 Å². The Bertz CT molecular complexity index is 443. The third-order valence-electron chi connectivity index (χ3n) is 2.12. The number of carbonyl (C=O) groups is 2. The van der Waals surface area contributed by atoms with Gasteiger partial charge < -0.3 is 11.5 Å². The fraction of sp³-hybridized carbons (Fsp3) is 0.200. The van der Waals surface area contributed by atoms with Gasteiger partial charge in [0.2, 0.25) is 11.8 Å². The van der Waals surface area contributed by atoms with E-state index in [1.807, 2.05) is 0 Å². The average Bonchev–Trinajstić information content (AvgIpc) is 2.15. The third-order valence-corrected chi connectivity index (χ3v) is 2.12. The molecule has 1 aromatic carbocycles. The van der Waals surface area contributed by atoms with Gasteiger partial charge in [0, 0.05) is 0 Å². The second kappa shape index (κ2) is 4.44. The van der Waals surface area contributed by atoms with Gasteiger partial charge in [0.15, 0.2) is 0 Å². The van der Waals surface area contributed by atoms with Gasteiger partial charge in [-0.05, 0) is 11.6 Å². The lowest BCUT2D eigenvalue weighted by molar-refractivity contribution is -0.138. The molecule has 4 N–H and O–H groups in total. The number of amides is 2. The molecule has 7 heteroatoms. The molecule has 0 bridgehead atoms. The Morgan fingerprint density at radius 2 is 1.65 bits per heavy atom. The molecule has 4 nitrogen and oxygen atoms in total.